The lowest BCUT2D eigenvalue weighted by molar-refractivity contribution is -0.282. The van der Waals surface area contributed by atoms with Crippen molar-refractivity contribution in [3.63, 3.8) is 0 Å². The Morgan fingerprint density at radius 1 is 0.833 bits per heavy atom. The predicted octanol–water partition coefficient (Wildman–Crippen LogP) is 1.60. The van der Waals surface area contributed by atoms with Gasteiger partial charge in [-0.1, -0.05) is 19.1 Å². The summed E-state index contributed by atoms with van der Waals surface area (Å²) in [6.07, 6.45) is -6.36. The fraction of sp³-hybridized carbons (Fsp3) is 0.542. The van der Waals surface area contributed by atoms with Crippen molar-refractivity contribution in [2.75, 3.05) is 7.11 Å². The Balaban J connectivity index is 2.33. The average Bonchev–Trinajstić information content (AvgIpc) is 2.81. The van der Waals surface area contributed by atoms with Gasteiger partial charge in [-0.3, -0.25) is 19.2 Å². The minimum Gasteiger partial charge on any atom is -0.467 e. The summed E-state index contributed by atoms with van der Waals surface area (Å²) in [6.45, 7) is 5.24. The van der Waals surface area contributed by atoms with E-state index in [1.54, 1.807) is 24.3 Å². The van der Waals surface area contributed by atoms with Gasteiger partial charge in [0, 0.05) is 27.2 Å². The molecule has 0 N–H and O–H groups in total. The van der Waals surface area contributed by atoms with Gasteiger partial charge in [-0.15, -0.1) is 0 Å². The molecular weight excluding hydrogens is 480 g/mol. The molecule has 1 aromatic rings. The molecule has 1 saturated heterocycles. The summed E-state index contributed by atoms with van der Waals surface area (Å²) in [4.78, 5) is 59.4. The van der Waals surface area contributed by atoms with E-state index in [1.807, 2.05) is 6.92 Å². The third kappa shape index (κ3) is 8.22. The van der Waals surface area contributed by atoms with Gasteiger partial charge in [0.1, 0.15) is 12.4 Å². The number of carbonyl (C=O) groups is 5. The van der Waals surface area contributed by atoms with E-state index in [9.17, 15) is 24.0 Å². The highest BCUT2D eigenvalue weighted by Crippen LogP contribution is 2.31. The van der Waals surface area contributed by atoms with Crippen LogP contribution in [0.4, 0.5) is 0 Å². The van der Waals surface area contributed by atoms with Gasteiger partial charge in [0.15, 0.2) is 18.3 Å². The average molecular weight is 510 g/mol. The van der Waals surface area contributed by atoms with Crippen molar-refractivity contribution in [1.29, 1.82) is 0 Å². The summed E-state index contributed by atoms with van der Waals surface area (Å²) in [5, 5.41) is 0. The Morgan fingerprint density at radius 3 is 1.92 bits per heavy atom. The van der Waals surface area contributed by atoms with E-state index in [0.717, 1.165) is 27.9 Å². The zero-order valence-corrected chi connectivity index (χ0v) is 20.7. The van der Waals surface area contributed by atoms with Crippen molar-refractivity contribution in [2.45, 2.75) is 77.8 Å². The second-order valence-electron chi connectivity index (χ2n) is 7.84. The molecule has 0 aliphatic carbocycles. The van der Waals surface area contributed by atoms with Crippen LogP contribution in [-0.4, -0.2) is 67.7 Å². The van der Waals surface area contributed by atoms with E-state index >= 15 is 0 Å². The topological polar surface area (TPSA) is 150 Å². The molecule has 1 aliphatic heterocycles. The Bertz CT molecular complexity index is 941. The van der Waals surface area contributed by atoms with Crippen molar-refractivity contribution in [1.82, 2.24) is 0 Å². The predicted molar refractivity (Wildman–Crippen MR) is 119 cm³/mol. The molecule has 2 rings (SSSR count). The van der Waals surface area contributed by atoms with Gasteiger partial charge >= 0.3 is 29.8 Å². The monoisotopic (exact) mass is 510 g/mol. The first-order chi connectivity index (χ1) is 17.0. The van der Waals surface area contributed by atoms with E-state index in [4.69, 9.17) is 33.2 Å². The number of carbonyl (C=O) groups excluding carboxylic acids is 5. The number of benzene rings is 1. The minimum absolute atomic E-state index is 0.0676. The quantitative estimate of drug-likeness (QED) is 0.332. The second-order valence-corrected chi connectivity index (χ2v) is 7.84. The van der Waals surface area contributed by atoms with Crippen LogP contribution in [0.15, 0.2) is 24.3 Å². The van der Waals surface area contributed by atoms with Gasteiger partial charge in [0.2, 0.25) is 12.4 Å². The molecular formula is C24H30O12. The van der Waals surface area contributed by atoms with Gasteiger partial charge in [-0.05, 0) is 24.1 Å². The van der Waals surface area contributed by atoms with Crippen LogP contribution >= 0.6 is 0 Å². The smallest absolute Gasteiger partial charge is 0.339 e. The molecule has 0 bridgehead atoms. The Hall–Kier alpha value is -3.67. The number of hydrogen-bond acceptors (Lipinski definition) is 12. The number of hydrogen-bond donors (Lipinski definition) is 0. The maximum atomic E-state index is 12.5. The Morgan fingerprint density at radius 2 is 1.39 bits per heavy atom. The standard InChI is InChI=1S/C24H30O12/c1-6-7-18(28)31-12-16-8-10-17(11-9-16)35-24-22(34-15(4)27)20(33-14(3)26)19(32-13(2)25)21(36-24)23(29)30-5/h8-11,19-22,24H,6-7,12H2,1-5H3/t19-,20-,21-,22+,24+/m0/s1. The van der Waals surface area contributed by atoms with E-state index in [1.165, 1.54) is 0 Å². The number of methoxy groups -OCH3 is 1. The molecule has 12 heteroatoms. The van der Waals surface area contributed by atoms with Crippen LogP contribution in [0.1, 0.15) is 46.1 Å². The summed E-state index contributed by atoms with van der Waals surface area (Å²) >= 11 is 0. The van der Waals surface area contributed by atoms with Crippen molar-refractivity contribution in [3.8, 4) is 5.75 Å². The first-order valence-electron chi connectivity index (χ1n) is 11.2. The number of esters is 5. The highest BCUT2D eigenvalue weighted by Gasteiger charge is 2.55. The molecule has 5 atom stereocenters. The normalized spacial score (nSPS) is 23.1. The molecule has 0 unspecified atom stereocenters. The molecule has 1 aliphatic rings. The minimum atomic E-state index is -1.56. The molecule has 0 saturated carbocycles. The lowest BCUT2D eigenvalue weighted by atomic mass is 9.97. The van der Waals surface area contributed by atoms with Gasteiger partial charge < -0.3 is 33.2 Å². The SMILES string of the molecule is CCCC(=O)OCc1ccc(O[C@@H]2O[C@H](C(=O)OC)[C@@H](OC(C)=O)[C@H](OC(C)=O)[C@H]2OC(C)=O)cc1. The molecule has 0 spiro atoms. The van der Waals surface area contributed by atoms with Gasteiger partial charge in [0.25, 0.3) is 0 Å². The second kappa shape index (κ2) is 13.4. The van der Waals surface area contributed by atoms with Crippen LogP contribution in [-0.2, 0) is 59.0 Å². The molecule has 12 nitrogen and oxygen atoms in total. The first kappa shape index (κ1) is 28.6. The lowest BCUT2D eigenvalue weighted by Crippen LogP contribution is -2.64. The largest absolute Gasteiger partial charge is 0.467 e. The summed E-state index contributed by atoms with van der Waals surface area (Å²) in [5.41, 5.74) is 0.688. The summed E-state index contributed by atoms with van der Waals surface area (Å²) in [5.74, 6) is -3.37. The van der Waals surface area contributed by atoms with Crippen molar-refractivity contribution in [2.24, 2.45) is 0 Å². The molecule has 0 radical (unpaired) electrons. The molecule has 36 heavy (non-hydrogen) atoms. The number of rotatable bonds is 10. The summed E-state index contributed by atoms with van der Waals surface area (Å²) in [6, 6.07) is 6.37. The molecule has 0 amide bonds. The Labute approximate surface area is 208 Å². The van der Waals surface area contributed by atoms with Crippen LogP contribution in [0.25, 0.3) is 0 Å². The molecule has 1 heterocycles. The maximum Gasteiger partial charge on any atom is 0.339 e. The van der Waals surface area contributed by atoms with Crippen LogP contribution in [0.2, 0.25) is 0 Å². The summed E-state index contributed by atoms with van der Waals surface area (Å²) in [7, 11) is 1.09. The molecule has 198 valence electrons. The maximum absolute atomic E-state index is 12.5. The highest BCUT2D eigenvalue weighted by atomic mass is 16.7. The van der Waals surface area contributed by atoms with E-state index < -0.39 is 54.6 Å². The van der Waals surface area contributed by atoms with Crippen molar-refractivity contribution < 1.29 is 57.1 Å². The van der Waals surface area contributed by atoms with Crippen LogP contribution in [0, 0.1) is 0 Å². The fourth-order valence-electron chi connectivity index (χ4n) is 3.41. The van der Waals surface area contributed by atoms with E-state index in [2.05, 4.69) is 0 Å². The lowest BCUT2D eigenvalue weighted by Gasteiger charge is -2.43. The van der Waals surface area contributed by atoms with Crippen LogP contribution in [0.3, 0.4) is 0 Å². The fourth-order valence-corrected chi connectivity index (χ4v) is 3.41. The van der Waals surface area contributed by atoms with Crippen molar-refractivity contribution >= 4 is 29.8 Å². The zero-order chi connectivity index (χ0) is 26.8. The molecule has 0 aromatic heterocycles. The van der Waals surface area contributed by atoms with Gasteiger partial charge in [-0.25, -0.2) is 4.79 Å². The van der Waals surface area contributed by atoms with Crippen molar-refractivity contribution in [3.05, 3.63) is 29.8 Å². The summed E-state index contributed by atoms with van der Waals surface area (Å²) < 4.78 is 37.3. The van der Waals surface area contributed by atoms with E-state index in [0.29, 0.717) is 18.4 Å². The van der Waals surface area contributed by atoms with Gasteiger partial charge in [0.05, 0.1) is 7.11 Å². The molecule has 1 aromatic carbocycles. The van der Waals surface area contributed by atoms with E-state index in [-0.39, 0.29) is 18.3 Å². The zero-order valence-electron chi connectivity index (χ0n) is 20.7. The first-order valence-corrected chi connectivity index (χ1v) is 11.2. The van der Waals surface area contributed by atoms with Crippen LogP contribution < -0.4 is 4.74 Å². The third-order valence-electron chi connectivity index (χ3n) is 4.86. The van der Waals surface area contributed by atoms with Gasteiger partial charge in [-0.2, -0.15) is 0 Å². The third-order valence-corrected chi connectivity index (χ3v) is 4.86. The van der Waals surface area contributed by atoms with Crippen LogP contribution in [0.5, 0.6) is 5.75 Å². The number of ether oxygens (including phenoxy) is 7. The Kier molecular flexibility index (Phi) is 10.7. The highest BCUT2D eigenvalue weighted by molar-refractivity contribution is 5.77. The molecule has 1 fully saturated rings.